The molecule has 0 saturated carbocycles. The van der Waals surface area contributed by atoms with E-state index in [0.29, 0.717) is 11.5 Å². The molecule has 2 aliphatic rings. The minimum absolute atomic E-state index is 0.0938. The van der Waals surface area contributed by atoms with Gasteiger partial charge < -0.3 is 20.1 Å². The maximum absolute atomic E-state index is 13.9. The fraction of sp³-hybridized carbons (Fsp3) is 0.353. The zero-order chi connectivity index (χ0) is 32.8. The Morgan fingerprint density at radius 3 is 2.22 bits per heavy atom. The minimum Gasteiger partial charge on any atom is -0.448 e. The number of nitrogens with zero attached hydrogens (tertiary/aromatic N) is 1. The predicted octanol–water partition coefficient (Wildman–Crippen LogP) is 5.67. The molecule has 0 bridgehead atoms. The van der Waals surface area contributed by atoms with Gasteiger partial charge in [0.25, 0.3) is 5.91 Å². The van der Waals surface area contributed by atoms with Gasteiger partial charge in [-0.2, -0.15) is 11.8 Å². The number of amides is 3. The van der Waals surface area contributed by atoms with E-state index in [-0.39, 0.29) is 30.5 Å². The van der Waals surface area contributed by atoms with Crippen molar-refractivity contribution in [2.24, 2.45) is 0 Å². The van der Waals surface area contributed by atoms with Crippen molar-refractivity contribution in [3.8, 4) is 0 Å². The second kappa shape index (κ2) is 14.8. The summed E-state index contributed by atoms with van der Waals surface area (Å²) in [5, 5.41) is 5.19. The largest absolute Gasteiger partial charge is 0.448 e. The van der Waals surface area contributed by atoms with E-state index in [1.165, 1.54) is 28.0 Å². The lowest BCUT2D eigenvalue weighted by molar-refractivity contribution is -0.154. The van der Waals surface area contributed by atoms with Gasteiger partial charge >= 0.3 is 12.1 Å². The second-order valence-corrected chi connectivity index (χ2v) is 15.1. The zero-order valence-electron chi connectivity index (χ0n) is 26.1. The predicted molar refractivity (Wildman–Crippen MR) is 182 cm³/mol. The first-order chi connectivity index (χ1) is 22.0. The Kier molecular flexibility index (Phi) is 10.8. The average molecular weight is 680 g/mol. The molecule has 0 radical (unpaired) electrons. The van der Waals surface area contributed by atoms with Crippen molar-refractivity contribution in [1.82, 2.24) is 15.5 Å². The van der Waals surface area contributed by atoms with E-state index in [4.69, 9.17) is 9.47 Å². The van der Waals surface area contributed by atoms with Crippen LogP contribution in [0.2, 0.25) is 0 Å². The molecule has 5 rings (SSSR count). The van der Waals surface area contributed by atoms with Crippen molar-refractivity contribution in [2.45, 2.75) is 56.9 Å². The maximum atomic E-state index is 13.9. The van der Waals surface area contributed by atoms with Crippen LogP contribution in [-0.2, 0) is 36.8 Å². The van der Waals surface area contributed by atoms with Gasteiger partial charge in [0, 0.05) is 21.3 Å². The summed E-state index contributed by atoms with van der Waals surface area (Å²) in [5.74, 6) is -0.0533. The number of hydrogen-bond acceptors (Lipinski definition) is 9. The van der Waals surface area contributed by atoms with Crippen molar-refractivity contribution >= 4 is 58.7 Å². The monoisotopic (exact) mass is 679 g/mol. The van der Waals surface area contributed by atoms with E-state index in [1.54, 1.807) is 32.5 Å². The van der Waals surface area contributed by atoms with Crippen LogP contribution in [0.1, 0.15) is 47.8 Å². The third kappa shape index (κ3) is 8.15. The smallest absolute Gasteiger partial charge is 0.407 e. The molecule has 3 amide bonds. The van der Waals surface area contributed by atoms with Gasteiger partial charge in [0.1, 0.15) is 22.7 Å². The molecule has 1 fully saturated rings. The van der Waals surface area contributed by atoms with Crippen molar-refractivity contribution < 1.29 is 28.7 Å². The summed E-state index contributed by atoms with van der Waals surface area (Å²) < 4.78 is 11.4. The lowest BCUT2D eigenvalue weighted by atomic mass is 10.0. The van der Waals surface area contributed by atoms with Crippen molar-refractivity contribution in [2.75, 3.05) is 17.8 Å². The molecular weight excluding hydrogens is 643 g/mol. The number of nitrogens with one attached hydrogen (secondary N) is 2. The number of thioether (sulfide) groups is 2. The Labute approximate surface area is 281 Å². The Morgan fingerprint density at radius 1 is 0.978 bits per heavy atom. The molecule has 3 aromatic rings. The number of β-lactam (4-membered cyclic amide) rings is 1. The van der Waals surface area contributed by atoms with Crippen LogP contribution >= 0.6 is 34.9 Å². The highest BCUT2D eigenvalue weighted by atomic mass is 32.2. The Morgan fingerprint density at radius 2 is 1.61 bits per heavy atom. The summed E-state index contributed by atoms with van der Waals surface area (Å²) in [4.78, 5) is 55.6. The van der Waals surface area contributed by atoms with Crippen LogP contribution in [-0.4, -0.2) is 63.6 Å². The first kappa shape index (κ1) is 33.6. The Bertz CT molecular complexity index is 1560. The van der Waals surface area contributed by atoms with E-state index < -0.39 is 35.2 Å². The lowest BCUT2D eigenvalue weighted by Gasteiger charge is -2.49. The number of hydrogen-bond donors (Lipinski definition) is 2. The van der Waals surface area contributed by atoms with Gasteiger partial charge in [-0.05, 0) is 55.9 Å². The van der Waals surface area contributed by atoms with Crippen LogP contribution in [0.3, 0.4) is 0 Å². The topological polar surface area (TPSA) is 114 Å². The number of rotatable bonds is 11. The van der Waals surface area contributed by atoms with Gasteiger partial charge in [-0.25, -0.2) is 9.59 Å². The Hall–Kier alpha value is -3.74. The summed E-state index contributed by atoms with van der Waals surface area (Å²) in [7, 11) is 0. The molecule has 0 spiro atoms. The number of esters is 1. The SMILES string of the molecule is CSCC1=C(C(=O)OC(c2ccccc2)c2ccccc2)N2C(=O)[C@@H](NC(=O)Cc3ccc(CNC(=O)OC(C)(C)C)s3)[C@@H]2SC1. The van der Waals surface area contributed by atoms with Crippen LogP contribution in [0.5, 0.6) is 0 Å². The molecule has 12 heteroatoms. The summed E-state index contributed by atoms with van der Waals surface area (Å²) in [6.45, 7) is 5.68. The number of carbonyl (C=O) groups is 4. The third-order valence-corrected chi connectivity index (χ3v) is 10.2. The highest BCUT2D eigenvalue weighted by molar-refractivity contribution is 8.00. The van der Waals surface area contributed by atoms with Crippen molar-refractivity contribution in [3.63, 3.8) is 0 Å². The van der Waals surface area contributed by atoms with Crippen LogP contribution in [0.4, 0.5) is 4.79 Å². The van der Waals surface area contributed by atoms with E-state index in [2.05, 4.69) is 10.6 Å². The minimum atomic E-state index is -0.747. The van der Waals surface area contributed by atoms with E-state index in [0.717, 1.165) is 26.5 Å². The molecule has 0 unspecified atom stereocenters. The quantitative estimate of drug-likeness (QED) is 0.197. The highest BCUT2D eigenvalue weighted by Gasteiger charge is 2.54. The number of ether oxygens (including phenoxy) is 2. The first-order valence-electron chi connectivity index (χ1n) is 14.8. The van der Waals surface area contributed by atoms with Crippen LogP contribution in [0, 0.1) is 0 Å². The van der Waals surface area contributed by atoms with Crippen LogP contribution in [0.25, 0.3) is 0 Å². The molecule has 1 aromatic heterocycles. The summed E-state index contributed by atoms with van der Waals surface area (Å²) in [5.41, 5.74) is 2.17. The summed E-state index contributed by atoms with van der Waals surface area (Å²) in [6, 6.07) is 22.0. The molecule has 242 valence electrons. The molecule has 1 saturated heterocycles. The Balaban J connectivity index is 1.24. The fourth-order valence-electron chi connectivity index (χ4n) is 5.17. The van der Waals surface area contributed by atoms with Crippen molar-refractivity contribution in [1.29, 1.82) is 0 Å². The number of fused-ring (bicyclic) bond motifs is 1. The zero-order valence-corrected chi connectivity index (χ0v) is 28.6. The number of carbonyl (C=O) groups excluding carboxylic acids is 4. The highest BCUT2D eigenvalue weighted by Crippen LogP contribution is 2.42. The molecule has 0 aliphatic carbocycles. The van der Waals surface area contributed by atoms with Gasteiger partial charge in [-0.3, -0.25) is 14.5 Å². The fourth-order valence-corrected chi connectivity index (χ4v) is 8.19. The van der Waals surface area contributed by atoms with E-state index in [1.807, 2.05) is 79.1 Å². The van der Waals surface area contributed by atoms with Crippen LogP contribution in [0.15, 0.2) is 84.1 Å². The summed E-state index contributed by atoms with van der Waals surface area (Å²) >= 11 is 4.52. The number of thiophene rings is 1. The molecule has 2 aliphatic heterocycles. The molecular formula is C34H37N3O6S3. The second-order valence-electron chi connectivity index (χ2n) is 11.8. The van der Waals surface area contributed by atoms with Gasteiger partial charge in [-0.15, -0.1) is 23.1 Å². The standard InChI is InChI=1S/C34H37N3O6S3/c1-34(2,3)43-33(41)35-18-25-16-15-24(46-25)17-26(38)36-27-30(39)37-28(23(19-44-4)20-45-31(27)37)32(40)42-29(21-11-7-5-8-12-21)22-13-9-6-10-14-22/h5-16,27,29,31H,17-20H2,1-4H3,(H,35,41)(H,36,38)/t27-,31+/m1/s1. The molecule has 3 heterocycles. The van der Waals surface area contributed by atoms with Crippen LogP contribution < -0.4 is 10.6 Å². The van der Waals surface area contributed by atoms with E-state index in [9.17, 15) is 19.2 Å². The normalized spacial score (nSPS) is 17.7. The molecule has 46 heavy (non-hydrogen) atoms. The first-order valence-corrected chi connectivity index (χ1v) is 18.1. The van der Waals surface area contributed by atoms with Gasteiger partial charge in [0.05, 0.1) is 13.0 Å². The molecule has 2 N–H and O–H groups in total. The van der Waals surface area contributed by atoms with Gasteiger partial charge in [-0.1, -0.05) is 60.7 Å². The maximum Gasteiger partial charge on any atom is 0.407 e. The van der Waals surface area contributed by atoms with Crippen molar-refractivity contribution in [3.05, 3.63) is 105 Å². The third-order valence-electron chi connectivity index (χ3n) is 7.16. The average Bonchev–Trinajstić information content (AvgIpc) is 3.48. The number of benzene rings is 2. The molecule has 2 atom stereocenters. The van der Waals surface area contributed by atoms with Gasteiger partial charge in [0.15, 0.2) is 6.10 Å². The lowest BCUT2D eigenvalue weighted by Crippen LogP contribution is -2.70. The number of alkyl carbamates (subject to hydrolysis) is 1. The van der Waals surface area contributed by atoms with E-state index >= 15 is 0 Å². The summed E-state index contributed by atoms with van der Waals surface area (Å²) in [6.07, 6.45) is 0.893. The van der Waals surface area contributed by atoms with Gasteiger partial charge in [0.2, 0.25) is 5.91 Å². The molecule has 2 aromatic carbocycles. The molecule has 9 nitrogen and oxygen atoms in total.